The second-order valence-corrected chi connectivity index (χ2v) is 7.34. The topological polar surface area (TPSA) is 68.2 Å². The van der Waals surface area contributed by atoms with Gasteiger partial charge in [0, 0.05) is 30.9 Å². The summed E-state index contributed by atoms with van der Waals surface area (Å²) < 4.78 is 7.53. The lowest BCUT2D eigenvalue weighted by Gasteiger charge is -2.19. The summed E-state index contributed by atoms with van der Waals surface area (Å²) >= 11 is 0. The molecule has 1 aromatic carbocycles. The Morgan fingerprint density at radius 2 is 2.04 bits per heavy atom. The van der Waals surface area contributed by atoms with Crippen LogP contribution >= 0.6 is 0 Å². The number of alkyl carbamates (subject to hydrolysis) is 1. The molecule has 6 heteroatoms. The van der Waals surface area contributed by atoms with Gasteiger partial charge in [0.25, 0.3) is 0 Å². The number of carbonyl (C=O) groups is 1. The number of hydrogen-bond acceptors (Lipinski definition) is 4. The third-order valence-corrected chi connectivity index (χ3v) is 4.16. The van der Waals surface area contributed by atoms with E-state index in [0.717, 1.165) is 42.3 Å². The van der Waals surface area contributed by atoms with Crippen LogP contribution in [-0.4, -0.2) is 27.8 Å². The first-order valence-corrected chi connectivity index (χ1v) is 8.66. The fourth-order valence-corrected chi connectivity index (χ4v) is 2.96. The van der Waals surface area contributed by atoms with Gasteiger partial charge in [0.15, 0.2) is 0 Å². The molecule has 0 atom stereocenters. The average Bonchev–Trinajstić information content (AvgIpc) is 2.89. The lowest BCUT2D eigenvalue weighted by atomic mass is 10.1. The first kappa shape index (κ1) is 17.5. The van der Waals surface area contributed by atoms with Crippen molar-refractivity contribution in [2.24, 2.45) is 0 Å². The Labute approximate surface area is 148 Å². The van der Waals surface area contributed by atoms with Gasteiger partial charge in [-0.2, -0.15) is 0 Å². The summed E-state index contributed by atoms with van der Waals surface area (Å²) in [7, 11) is 0. The summed E-state index contributed by atoms with van der Waals surface area (Å²) in [4.78, 5) is 16.5. The monoisotopic (exact) mass is 342 g/mol. The van der Waals surface area contributed by atoms with Gasteiger partial charge in [-0.1, -0.05) is 24.3 Å². The predicted octanol–water partition coefficient (Wildman–Crippen LogP) is 2.99. The molecule has 2 heterocycles. The molecule has 1 aliphatic heterocycles. The van der Waals surface area contributed by atoms with Crippen molar-refractivity contribution in [2.45, 2.75) is 52.9 Å². The van der Waals surface area contributed by atoms with Crippen LogP contribution in [0.5, 0.6) is 0 Å². The second-order valence-electron chi connectivity index (χ2n) is 7.34. The number of ether oxygens (including phenoxy) is 1. The first-order chi connectivity index (χ1) is 11.8. The molecule has 25 heavy (non-hydrogen) atoms. The van der Waals surface area contributed by atoms with Gasteiger partial charge in [0.2, 0.25) is 0 Å². The minimum absolute atomic E-state index is 0.401. The second kappa shape index (κ2) is 6.88. The molecule has 0 unspecified atom stereocenters. The average molecular weight is 342 g/mol. The SMILES string of the molecule is Cc1c(-c2ccc(CNC(=O)OC(C)(C)C)cc2)nc2n1CCNC2. The van der Waals surface area contributed by atoms with Crippen molar-refractivity contribution in [3.8, 4) is 11.3 Å². The minimum atomic E-state index is -0.486. The van der Waals surface area contributed by atoms with Crippen LogP contribution in [0.1, 0.15) is 37.9 Å². The van der Waals surface area contributed by atoms with Gasteiger partial charge in [0.1, 0.15) is 11.4 Å². The highest BCUT2D eigenvalue weighted by molar-refractivity contribution is 5.68. The van der Waals surface area contributed by atoms with Gasteiger partial charge in [0.05, 0.1) is 12.2 Å². The Hall–Kier alpha value is -2.34. The van der Waals surface area contributed by atoms with E-state index in [1.165, 1.54) is 5.69 Å². The van der Waals surface area contributed by atoms with Crippen molar-refractivity contribution in [3.63, 3.8) is 0 Å². The number of hydrogen-bond donors (Lipinski definition) is 2. The van der Waals surface area contributed by atoms with E-state index < -0.39 is 11.7 Å². The van der Waals surface area contributed by atoms with Crippen LogP contribution in [0.15, 0.2) is 24.3 Å². The van der Waals surface area contributed by atoms with Crippen LogP contribution in [0.3, 0.4) is 0 Å². The number of benzene rings is 1. The molecule has 6 nitrogen and oxygen atoms in total. The van der Waals surface area contributed by atoms with Crippen LogP contribution < -0.4 is 10.6 Å². The number of nitrogens with one attached hydrogen (secondary N) is 2. The predicted molar refractivity (Wildman–Crippen MR) is 97.2 cm³/mol. The van der Waals surface area contributed by atoms with E-state index in [-0.39, 0.29) is 0 Å². The van der Waals surface area contributed by atoms with Gasteiger partial charge in [-0.05, 0) is 33.3 Å². The summed E-state index contributed by atoms with van der Waals surface area (Å²) in [5.41, 5.74) is 3.88. The maximum atomic E-state index is 11.7. The lowest BCUT2D eigenvalue weighted by Crippen LogP contribution is -2.32. The van der Waals surface area contributed by atoms with Gasteiger partial charge in [-0.3, -0.25) is 0 Å². The van der Waals surface area contributed by atoms with Crippen molar-refractivity contribution in [1.29, 1.82) is 0 Å². The third-order valence-electron chi connectivity index (χ3n) is 4.16. The third kappa shape index (κ3) is 4.20. The molecule has 0 bridgehead atoms. The molecule has 1 aromatic heterocycles. The molecule has 0 spiro atoms. The highest BCUT2D eigenvalue weighted by Crippen LogP contribution is 2.25. The summed E-state index contributed by atoms with van der Waals surface area (Å²) in [6, 6.07) is 8.15. The normalized spacial score (nSPS) is 14.1. The molecule has 0 radical (unpaired) electrons. The fraction of sp³-hybridized carbons (Fsp3) is 0.474. The van der Waals surface area contributed by atoms with Gasteiger partial charge >= 0.3 is 6.09 Å². The molecule has 2 aromatic rings. The van der Waals surface area contributed by atoms with E-state index in [4.69, 9.17) is 9.72 Å². The molecule has 1 amide bonds. The highest BCUT2D eigenvalue weighted by Gasteiger charge is 2.18. The van der Waals surface area contributed by atoms with Crippen LogP contribution in [0, 0.1) is 6.92 Å². The van der Waals surface area contributed by atoms with Crippen molar-refractivity contribution >= 4 is 6.09 Å². The summed E-state index contributed by atoms with van der Waals surface area (Å²) in [6.45, 7) is 10.9. The Morgan fingerprint density at radius 3 is 2.68 bits per heavy atom. The molecular formula is C19H26N4O2. The number of aromatic nitrogens is 2. The molecule has 0 aliphatic carbocycles. The smallest absolute Gasteiger partial charge is 0.407 e. The number of nitrogens with zero attached hydrogens (tertiary/aromatic N) is 2. The molecular weight excluding hydrogens is 316 g/mol. The Kier molecular flexibility index (Phi) is 4.81. The van der Waals surface area contributed by atoms with Gasteiger partial charge in [-0.15, -0.1) is 0 Å². The van der Waals surface area contributed by atoms with Crippen molar-refractivity contribution < 1.29 is 9.53 Å². The van der Waals surface area contributed by atoms with E-state index in [0.29, 0.717) is 6.54 Å². The number of rotatable bonds is 3. The molecule has 0 fully saturated rings. The number of amides is 1. The zero-order chi connectivity index (χ0) is 18.0. The highest BCUT2D eigenvalue weighted by atomic mass is 16.6. The standard InChI is InChI=1S/C19H26N4O2/c1-13-17(22-16-12-20-9-10-23(13)16)15-7-5-14(6-8-15)11-21-18(24)25-19(2,3)4/h5-8,20H,9-12H2,1-4H3,(H,21,24). The molecule has 0 saturated heterocycles. The first-order valence-electron chi connectivity index (χ1n) is 8.66. The summed E-state index contributed by atoms with van der Waals surface area (Å²) in [6.07, 6.45) is -0.401. The Bertz CT molecular complexity index is 757. The molecule has 0 saturated carbocycles. The number of fused-ring (bicyclic) bond motifs is 1. The lowest BCUT2D eigenvalue weighted by molar-refractivity contribution is 0.0523. The summed E-state index contributed by atoms with van der Waals surface area (Å²) in [5.74, 6) is 1.09. The van der Waals surface area contributed by atoms with Crippen LogP contribution in [0.25, 0.3) is 11.3 Å². The van der Waals surface area contributed by atoms with E-state index in [9.17, 15) is 4.79 Å². The van der Waals surface area contributed by atoms with Crippen LogP contribution in [-0.2, 0) is 24.4 Å². The zero-order valence-corrected chi connectivity index (χ0v) is 15.3. The fourth-order valence-electron chi connectivity index (χ4n) is 2.96. The minimum Gasteiger partial charge on any atom is -0.444 e. The van der Waals surface area contributed by atoms with Crippen LogP contribution in [0.2, 0.25) is 0 Å². The van der Waals surface area contributed by atoms with Crippen LogP contribution in [0.4, 0.5) is 4.79 Å². The quantitative estimate of drug-likeness (QED) is 0.900. The van der Waals surface area contributed by atoms with E-state index in [1.807, 2.05) is 32.9 Å². The maximum Gasteiger partial charge on any atom is 0.407 e. The molecule has 134 valence electrons. The van der Waals surface area contributed by atoms with Crippen molar-refractivity contribution in [1.82, 2.24) is 20.2 Å². The zero-order valence-electron chi connectivity index (χ0n) is 15.3. The molecule has 2 N–H and O–H groups in total. The Morgan fingerprint density at radius 1 is 1.32 bits per heavy atom. The van der Waals surface area contributed by atoms with Crippen molar-refractivity contribution in [2.75, 3.05) is 6.54 Å². The summed E-state index contributed by atoms with van der Waals surface area (Å²) in [5, 5.41) is 6.13. The molecule has 3 rings (SSSR count). The van der Waals surface area contributed by atoms with Crippen molar-refractivity contribution in [3.05, 3.63) is 41.3 Å². The number of imidazole rings is 1. The maximum absolute atomic E-state index is 11.7. The largest absolute Gasteiger partial charge is 0.444 e. The van der Waals surface area contributed by atoms with Gasteiger partial charge < -0.3 is 19.9 Å². The van der Waals surface area contributed by atoms with E-state index in [1.54, 1.807) is 0 Å². The van der Waals surface area contributed by atoms with E-state index in [2.05, 4.69) is 34.3 Å². The van der Waals surface area contributed by atoms with Gasteiger partial charge in [-0.25, -0.2) is 9.78 Å². The number of carbonyl (C=O) groups excluding carboxylic acids is 1. The van der Waals surface area contributed by atoms with E-state index >= 15 is 0 Å². The Balaban J connectivity index is 1.67. The molecule has 1 aliphatic rings.